The molecule has 7 heteroatoms. The lowest BCUT2D eigenvalue weighted by Gasteiger charge is -2.13. The highest BCUT2D eigenvalue weighted by molar-refractivity contribution is 8.00. The zero-order valence-electron chi connectivity index (χ0n) is 8.81. The summed E-state index contributed by atoms with van der Waals surface area (Å²) >= 11 is 1.21. The summed E-state index contributed by atoms with van der Waals surface area (Å²) in [6.07, 6.45) is -0.843. The van der Waals surface area contributed by atoms with Crippen LogP contribution in [0.5, 0.6) is 0 Å². The highest BCUT2D eigenvalue weighted by Crippen LogP contribution is 2.45. The number of aliphatic hydroxyl groups is 3. The molecule has 1 unspecified atom stereocenters. The number of thioether (sulfide) groups is 1. The molecule has 0 saturated carbocycles. The minimum Gasteiger partial charge on any atom is -0.467 e. The molecule has 1 aromatic heterocycles. The van der Waals surface area contributed by atoms with E-state index >= 15 is 0 Å². The third-order valence-electron chi connectivity index (χ3n) is 2.73. The molecule has 1 aliphatic rings. The van der Waals surface area contributed by atoms with Crippen molar-refractivity contribution in [2.24, 2.45) is 5.73 Å². The van der Waals surface area contributed by atoms with Gasteiger partial charge in [0.25, 0.3) is 5.91 Å². The summed E-state index contributed by atoms with van der Waals surface area (Å²) in [7, 11) is 0. The lowest BCUT2D eigenvalue weighted by molar-refractivity contribution is 0.0174. The van der Waals surface area contributed by atoms with E-state index in [1.165, 1.54) is 24.1 Å². The molecule has 1 saturated heterocycles. The Labute approximate surface area is 101 Å². The molecule has 0 aliphatic carbocycles. The minimum absolute atomic E-state index is 0.217. The van der Waals surface area contributed by atoms with E-state index in [-0.39, 0.29) is 12.2 Å². The van der Waals surface area contributed by atoms with Gasteiger partial charge in [0.2, 0.25) is 0 Å². The van der Waals surface area contributed by atoms with Crippen molar-refractivity contribution in [3.8, 4) is 0 Å². The Hall–Kier alpha value is -1.02. The van der Waals surface area contributed by atoms with Crippen LogP contribution < -0.4 is 5.73 Å². The number of aliphatic hydroxyl groups excluding tert-OH is 3. The Bertz CT molecular complexity index is 421. The maximum Gasteiger partial charge on any atom is 0.251 e. The first-order valence-corrected chi connectivity index (χ1v) is 5.99. The predicted molar refractivity (Wildman–Crippen MR) is 60.4 cm³/mol. The first kappa shape index (κ1) is 12.4. The van der Waals surface area contributed by atoms with Crippen LogP contribution in [0.1, 0.15) is 21.4 Å². The molecule has 0 radical (unpaired) electrons. The van der Waals surface area contributed by atoms with Crippen molar-refractivity contribution in [1.82, 2.24) is 0 Å². The van der Waals surface area contributed by atoms with Crippen LogP contribution in [0.2, 0.25) is 0 Å². The molecule has 0 spiro atoms. The van der Waals surface area contributed by atoms with Gasteiger partial charge in [-0.15, -0.1) is 11.8 Å². The van der Waals surface area contributed by atoms with E-state index in [0.717, 1.165) is 0 Å². The summed E-state index contributed by atoms with van der Waals surface area (Å²) in [6, 6.07) is 1.44. The summed E-state index contributed by atoms with van der Waals surface area (Å²) in [5.74, 6) is -0.247. The second kappa shape index (κ2) is 4.69. The fourth-order valence-corrected chi connectivity index (χ4v) is 3.13. The van der Waals surface area contributed by atoms with E-state index in [2.05, 4.69) is 0 Å². The van der Waals surface area contributed by atoms with Crippen molar-refractivity contribution in [1.29, 1.82) is 0 Å². The zero-order chi connectivity index (χ0) is 12.6. The number of amides is 1. The first-order valence-electron chi connectivity index (χ1n) is 5.05. The fourth-order valence-electron chi connectivity index (χ4n) is 1.77. The second-order valence-corrected chi connectivity index (χ2v) is 5.25. The summed E-state index contributed by atoms with van der Waals surface area (Å²) in [5, 5.41) is 27.5. The summed E-state index contributed by atoms with van der Waals surface area (Å²) in [6.45, 7) is -0.233. The van der Waals surface area contributed by atoms with Gasteiger partial charge in [0.05, 0.1) is 28.8 Å². The number of furan rings is 1. The maximum atomic E-state index is 10.9. The SMILES string of the molecule is NC(=O)c1coc([C@@H]2S[C@H](CO)[C@H](O)C2O)c1. The molecule has 6 nitrogen and oxygen atoms in total. The Balaban J connectivity index is 2.19. The molecular weight excluding hydrogens is 246 g/mol. The van der Waals surface area contributed by atoms with Crippen LogP contribution in [0.4, 0.5) is 0 Å². The van der Waals surface area contributed by atoms with E-state index in [9.17, 15) is 15.0 Å². The minimum atomic E-state index is -1.04. The molecule has 0 aromatic carbocycles. The lowest BCUT2D eigenvalue weighted by atomic mass is 10.1. The van der Waals surface area contributed by atoms with E-state index in [0.29, 0.717) is 5.76 Å². The van der Waals surface area contributed by atoms with Gasteiger partial charge < -0.3 is 25.5 Å². The highest BCUT2D eigenvalue weighted by atomic mass is 32.2. The molecule has 1 amide bonds. The molecule has 4 atom stereocenters. The number of carbonyl (C=O) groups excluding carboxylic acids is 1. The van der Waals surface area contributed by atoms with Gasteiger partial charge in [-0.05, 0) is 6.07 Å². The van der Waals surface area contributed by atoms with Crippen LogP contribution in [-0.2, 0) is 0 Å². The molecule has 2 rings (SSSR count). The summed E-state index contributed by atoms with van der Waals surface area (Å²) < 4.78 is 5.15. The van der Waals surface area contributed by atoms with Crippen molar-refractivity contribution in [3.63, 3.8) is 0 Å². The number of carbonyl (C=O) groups is 1. The fraction of sp³-hybridized carbons (Fsp3) is 0.500. The molecule has 1 fully saturated rings. The average Bonchev–Trinajstić information content (AvgIpc) is 2.87. The molecule has 1 aliphatic heterocycles. The van der Waals surface area contributed by atoms with Gasteiger partial charge >= 0.3 is 0 Å². The molecule has 0 bridgehead atoms. The number of nitrogens with two attached hydrogens (primary N) is 1. The van der Waals surface area contributed by atoms with Crippen molar-refractivity contribution in [2.45, 2.75) is 22.7 Å². The zero-order valence-corrected chi connectivity index (χ0v) is 9.63. The monoisotopic (exact) mass is 259 g/mol. The van der Waals surface area contributed by atoms with Gasteiger partial charge in [-0.25, -0.2) is 0 Å². The topological polar surface area (TPSA) is 117 Å². The van der Waals surface area contributed by atoms with Gasteiger partial charge in [-0.3, -0.25) is 4.79 Å². The van der Waals surface area contributed by atoms with Crippen molar-refractivity contribution >= 4 is 17.7 Å². The average molecular weight is 259 g/mol. The van der Waals surface area contributed by atoms with E-state index in [1.807, 2.05) is 0 Å². The van der Waals surface area contributed by atoms with Crippen LogP contribution in [0, 0.1) is 0 Å². The molecular formula is C10H13NO5S. The van der Waals surface area contributed by atoms with Crippen LogP contribution in [0.15, 0.2) is 16.7 Å². The van der Waals surface area contributed by atoms with Crippen molar-refractivity contribution in [2.75, 3.05) is 6.61 Å². The van der Waals surface area contributed by atoms with E-state index in [4.69, 9.17) is 15.3 Å². The van der Waals surface area contributed by atoms with Crippen molar-refractivity contribution in [3.05, 3.63) is 23.7 Å². The number of hydrogen-bond donors (Lipinski definition) is 4. The first-order chi connectivity index (χ1) is 8.04. The molecule has 1 aromatic rings. The second-order valence-electron chi connectivity index (χ2n) is 3.86. The lowest BCUT2D eigenvalue weighted by Crippen LogP contribution is -2.31. The Morgan fingerprint density at radius 1 is 1.47 bits per heavy atom. The van der Waals surface area contributed by atoms with Gasteiger partial charge in [-0.2, -0.15) is 0 Å². The molecule has 2 heterocycles. The van der Waals surface area contributed by atoms with Crippen LogP contribution in [0.3, 0.4) is 0 Å². The van der Waals surface area contributed by atoms with Gasteiger partial charge in [-0.1, -0.05) is 0 Å². The largest absolute Gasteiger partial charge is 0.467 e. The van der Waals surface area contributed by atoms with Crippen LogP contribution in [0.25, 0.3) is 0 Å². The third kappa shape index (κ3) is 2.19. The standard InChI is InChI=1S/C10H13NO5S/c11-10(15)4-1-5(16-3-4)9-8(14)7(13)6(2-12)17-9/h1,3,6-9,12-14H,2H2,(H2,11,15)/t6-,7+,8?,9+/m1/s1. The molecule has 5 N–H and O–H groups in total. The number of primary amides is 1. The van der Waals surface area contributed by atoms with Gasteiger partial charge in [0.15, 0.2) is 0 Å². The normalized spacial score (nSPS) is 32.9. The van der Waals surface area contributed by atoms with Gasteiger partial charge in [0, 0.05) is 0 Å². The van der Waals surface area contributed by atoms with E-state index < -0.39 is 28.6 Å². The van der Waals surface area contributed by atoms with Crippen LogP contribution in [-0.4, -0.2) is 45.3 Å². The Morgan fingerprint density at radius 2 is 2.18 bits per heavy atom. The Kier molecular flexibility index (Phi) is 3.43. The summed E-state index contributed by atoms with van der Waals surface area (Å²) in [4.78, 5) is 10.9. The number of rotatable bonds is 3. The molecule has 94 valence electrons. The van der Waals surface area contributed by atoms with Crippen LogP contribution >= 0.6 is 11.8 Å². The molecule has 17 heavy (non-hydrogen) atoms. The maximum absolute atomic E-state index is 10.9. The predicted octanol–water partition coefficient (Wildman–Crippen LogP) is -0.751. The third-order valence-corrected chi connectivity index (χ3v) is 4.31. The smallest absolute Gasteiger partial charge is 0.251 e. The quantitative estimate of drug-likeness (QED) is 0.567. The highest BCUT2D eigenvalue weighted by Gasteiger charge is 2.44. The number of hydrogen-bond acceptors (Lipinski definition) is 6. The summed E-state index contributed by atoms with van der Waals surface area (Å²) in [5.41, 5.74) is 5.30. The van der Waals surface area contributed by atoms with Crippen molar-refractivity contribution < 1.29 is 24.5 Å². The van der Waals surface area contributed by atoms with E-state index in [1.54, 1.807) is 0 Å². The van der Waals surface area contributed by atoms with Gasteiger partial charge in [0.1, 0.15) is 18.1 Å². The Morgan fingerprint density at radius 3 is 2.65 bits per heavy atom.